The van der Waals surface area contributed by atoms with E-state index < -0.39 is 11.6 Å². The molecule has 1 aromatic heterocycles. The molecule has 0 radical (unpaired) electrons. The summed E-state index contributed by atoms with van der Waals surface area (Å²) < 4.78 is 29.2. The number of rotatable bonds is 10. The molecule has 0 fully saturated rings. The first-order valence-electron chi connectivity index (χ1n) is 12.7. The highest BCUT2D eigenvalue weighted by Gasteiger charge is 2.30. The van der Waals surface area contributed by atoms with Crippen LogP contribution >= 0.6 is 11.6 Å². The number of nitrogens with zero attached hydrogens (tertiary/aromatic N) is 2. The highest BCUT2D eigenvalue weighted by Crippen LogP contribution is 2.36. The van der Waals surface area contributed by atoms with E-state index in [0.29, 0.717) is 30.0 Å². The Hall–Kier alpha value is -3.58. The molecule has 1 N–H and O–H groups in total. The van der Waals surface area contributed by atoms with Crippen LogP contribution in [0.5, 0.6) is 0 Å². The molecule has 0 spiro atoms. The number of anilines is 1. The molecule has 8 heteroatoms. The van der Waals surface area contributed by atoms with Crippen molar-refractivity contribution in [3.63, 3.8) is 0 Å². The Labute approximate surface area is 226 Å². The number of carbonyl (C=O) groups is 2. The summed E-state index contributed by atoms with van der Waals surface area (Å²) in [5.74, 6) is -1.42. The maximum Gasteiger partial charge on any atom is 0.247 e. The molecule has 3 aromatic rings. The van der Waals surface area contributed by atoms with E-state index in [4.69, 9.17) is 11.6 Å². The summed E-state index contributed by atoms with van der Waals surface area (Å²) in [7, 11) is 0. The van der Waals surface area contributed by atoms with Gasteiger partial charge in [0.2, 0.25) is 12.3 Å². The van der Waals surface area contributed by atoms with Crippen LogP contribution in [-0.4, -0.2) is 28.7 Å². The van der Waals surface area contributed by atoms with Crippen molar-refractivity contribution in [3.05, 3.63) is 88.7 Å². The molecular weight excluding hydrogens is 508 g/mol. The van der Waals surface area contributed by atoms with Crippen LogP contribution in [0, 0.1) is 17.6 Å². The van der Waals surface area contributed by atoms with Crippen LogP contribution in [0.15, 0.2) is 60.8 Å². The smallest absolute Gasteiger partial charge is 0.247 e. The number of hydrogen-bond donors (Lipinski definition) is 1. The lowest BCUT2D eigenvalue weighted by Gasteiger charge is -2.34. The maximum atomic E-state index is 14.7. The number of halogens is 3. The van der Waals surface area contributed by atoms with Gasteiger partial charge in [-0.05, 0) is 60.2 Å². The summed E-state index contributed by atoms with van der Waals surface area (Å²) in [5.41, 5.74) is 3.13. The van der Waals surface area contributed by atoms with Crippen LogP contribution in [-0.2, 0) is 9.59 Å². The third-order valence-electron chi connectivity index (χ3n) is 6.78. The molecule has 1 atom stereocenters. The molecule has 198 valence electrons. The summed E-state index contributed by atoms with van der Waals surface area (Å²) in [6.45, 7) is 4.59. The third kappa shape index (κ3) is 6.10. The van der Waals surface area contributed by atoms with Gasteiger partial charge in [-0.15, -0.1) is 0 Å². The van der Waals surface area contributed by atoms with Crippen LogP contribution < -0.4 is 5.32 Å². The van der Waals surface area contributed by atoms with Gasteiger partial charge in [-0.2, -0.15) is 0 Å². The lowest BCUT2D eigenvalue weighted by molar-refractivity contribution is -0.129. The number of pyridine rings is 1. The highest BCUT2D eigenvalue weighted by molar-refractivity contribution is 6.31. The van der Waals surface area contributed by atoms with Crippen molar-refractivity contribution in [2.24, 2.45) is 5.92 Å². The Morgan fingerprint density at radius 2 is 1.92 bits per heavy atom. The van der Waals surface area contributed by atoms with Gasteiger partial charge >= 0.3 is 0 Å². The van der Waals surface area contributed by atoms with E-state index in [0.717, 1.165) is 35.7 Å². The number of nitrogens with one attached hydrogen (secondary N) is 1. The molecule has 0 aliphatic carbocycles. The zero-order chi connectivity index (χ0) is 27.2. The molecule has 0 unspecified atom stereocenters. The van der Waals surface area contributed by atoms with E-state index in [1.807, 2.05) is 36.4 Å². The predicted octanol–water partition coefficient (Wildman–Crippen LogP) is 7.43. The van der Waals surface area contributed by atoms with Crippen molar-refractivity contribution in [3.8, 4) is 11.1 Å². The van der Waals surface area contributed by atoms with E-state index in [2.05, 4.69) is 24.1 Å². The SMILES string of the molecule is CC(C)CCC[C@@H](c1cc(-c2ccccc2NC=O)ccn1)N1CCC(c2c(F)ccc(Cl)c2F)=CC1=O. The summed E-state index contributed by atoms with van der Waals surface area (Å²) in [4.78, 5) is 30.8. The Morgan fingerprint density at radius 1 is 1.13 bits per heavy atom. The van der Waals surface area contributed by atoms with Crippen molar-refractivity contribution in [1.29, 1.82) is 0 Å². The fourth-order valence-electron chi connectivity index (χ4n) is 4.89. The van der Waals surface area contributed by atoms with Gasteiger partial charge in [-0.3, -0.25) is 14.6 Å². The van der Waals surface area contributed by atoms with E-state index in [9.17, 15) is 18.4 Å². The van der Waals surface area contributed by atoms with Crippen LogP contribution in [0.3, 0.4) is 0 Å². The number of para-hydroxylation sites is 1. The van der Waals surface area contributed by atoms with Crippen LogP contribution in [0.25, 0.3) is 16.7 Å². The van der Waals surface area contributed by atoms with E-state index >= 15 is 0 Å². The molecule has 0 bridgehead atoms. The lowest BCUT2D eigenvalue weighted by Crippen LogP contribution is -2.38. The average molecular weight is 538 g/mol. The van der Waals surface area contributed by atoms with Gasteiger partial charge in [-0.25, -0.2) is 8.78 Å². The van der Waals surface area contributed by atoms with Crippen LogP contribution in [0.4, 0.5) is 14.5 Å². The monoisotopic (exact) mass is 537 g/mol. The minimum Gasteiger partial charge on any atom is -0.330 e. The molecule has 4 rings (SSSR count). The summed E-state index contributed by atoms with van der Waals surface area (Å²) in [6.07, 6.45) is 6.50. The number of benzene rings is 2. The second-order valence-corrected chi connectivity index (χ2v) is 10.2. The summed E-state index contributed by atoms with van der Waals surface area (Å²) >= 11 is 5.88. The fourth-order valence-corrected chi connectivity index (χ4v) is 5.05. The molecule has 0 saturated carbocycles. The zero-order valence-corrected chi connectivity index (χ0v) is 22.1. The minimum atomic E-state index is -0.857. The Bertz CT molecular complexity index is 1360. The summed E-state index contributed by atoms with van der Waals surface area (Å²) in [5, 5.41) is 2.54. The van der Waals surface area contributed by atoms with Gasteiger partial charge in [-0.1, -0.05) is 56.5 Å². The first-order chi connectivity index (χ1) is 18.3. The van der Waals surface area contributed by atoms with Crippen molar-refractivity contribution in [2.45, 2.75) is 45.6 Å². The first kappa shape index (κ1) is 27.5. The van der Waals surface area contributed by atoms with E-state index in [-0.39, 0.29) is 35.5 Å². The van der Waals surface area contributed by atoms with Gasteiger partial charge in [0.15, 0.2) is 5.82 Å². The standard InChI is InChI=1S/C30H30ClF2N3O2/c1-19(2)6-5-9-27(26-16-20(12-14-34-26)22-7-3-4-8-25(22)35-18-37)36-15-13-21(17-28(36)38)29-24(32)11-10-23(31)30(29)33/h3-4,7-8,10-12,14,16-19,27H,5-6,9,13,15H2,1-2H3,(H,35,37)/t27-/m0/s1. The van der Waals surface area contributed by atoms with Gasteiger partial charge in [0, 0.05) is 30.1 Å². The van der Waals surface area contributed by atoms with Crippen molar-refractivity contribution < 1.29 is 18.4 Å². The average Bonchev–Trinajstić information content (AvgIpc) is 2.90. The maximum absolute atomic E-state index is 14.7. The first-order valence-corrected chi connectivity index (χ1v) is 13.1. The van der Waals surface area contributed by atoms with Crippen molar-refractivity contribution in [1.82, 2.24) is 9.88 Å². The normalized spacial score (nSPS) is 14.4. The molecule has 38 heavy (non-hydrogen) atoms. The molecule has 2 heterocycles. The van der Waals surface area contributed by atoms with Gasteiger partial charge in [0.1, 0.15) is 5.82 Å². The Kier molecular flexibility index (Phi) is 8.89. The Morgan fingerprint density at radius 3 is 2.66 bits per heavy atom. The molecule has 0 saturated heterocycles. The predicted molar refractivity (Wildman–Crippen MR) is 146 cm³/mol. The second kappa shape index (κ2) is 12.3. The number of hydrogen-bond acceptors (Lipinski definition) is 3. The van der Waals surface area contributed by atoms with E-state index in [1.165, 1.54) is 12.1 Å². The van der Waals surface area contributed by atoms with Crippen LogP contribution in [0.1, 0.15) is 56.8 Å². The van der Waals surface area contributed by atoms with Gasteiger partial charge < -0.3 is 10.2 Å². The Balaban J connectivity index is 1.69. The van der Waals surface area contributed by atoms with Gasteiger partial charge in [0.25, 0.3) is 0 Å². The third-order valence-corrected chi connectivity index (χ3v) is 7.07. The van der Waals surface area contributed by atoms with Crippen molar-refractivity contribution >= 4 is 35.2 Å². The van der Waals surface area contributed by atoms with E-state index in [1.54, 1.807) is 11.1 Å². The number of aromatic nitrogens is 1. The van der Waals surface area contributed by atoms with Crippen LogP contribution in [0.2, 0.25) is 5.02 Å². The number of carbonyl (C=O) groups excluding carboxylic acids is 2. The molecule has 2 aromatic carbocycles. The van der Waals surface area contributed by atoms with Gasteiger partial charge in [0.05, 0.1) is 22.3 Å². The quantitative estimate of drug-likeness (QED) is 0.216. The number of amides is 2. The fraction of sp³-hybridized carbons (Fsp3) is 0.300. The topological polar surface area (TPSA) is 62.3 Å². The molecule has 1 aliphatic heterocycles. The highest BCUT2D eigenvalue weighted by atomic mass is 35.5. The molecule has 1 aliphatic rings. The molecule has 5 nitrogen and oxygen atoms in total. The lowest BCUT2D eigenvalue weighted by atomic mass is 9.93. The molecular formula is C30H30ClF2N3O2. The molecule has 2 amide bonds. The van der Waals surface area contributed by atoms with Crippen molar-refractivity contribution in [2.75, 3.05) is 11.9 Å². The zero-order valence-electron chi connectivity index (χ0n) is 21.4. The minimum absolute atomic E-state index is 0.186. The largest absolute Gasteiger partial charge is 0.330 e. The second-order valence-electron chi connectivity index (χ2n) is 9.79. The summed E-state index contributed by atoms with van der Waals surface area (Å²) in [6, 6.07) is 13.2.